The Balaban J connectivity index is 1.65. The molecule has 5 heteroatoms. The number of imidazole rings is 1. The molecule has 0 amide bonds. The fraction of sp³-hybridized carbons (Fsp3) is 0.357. The quantitative estimate of drug-likeness (QED) is 0.862. The van der Waals surface area contributed by atoms with Gasteiger partial charge >= 0.3 is 0 Å². The highest BCUT2D eigenvalue weighted by atomic mass is 16.7. The zero-order valence-corrected chi connectivity index (χ0v) is 10.5. The monoisotopic (exact) mass is 257 g/mol. The molecule has 1 aromatic carbocycles. The molecule has 19 heavy (non-hydrogen) atoms. The number of nitrogens with one attached hydrogen (secondary N) is 2. The Hall–Kier alpha value is -2.01. The molecule has 0 radical (unpaired) electrons. The molecule has 1 fully saturated rings. The highest BCUT2D eigenvalue weighted by Crippen LogP contribution is 2.35. The number of hydrogen-bond acceptors (Lipinski definition) is 4. The van der Waals surface area contributed by atoms with Gasteiger partial charge in [0, 0.05) is 18.0 Å². The standard InChI is InChI=1S/C14H15N3O2/c1-2-12-13(19-8-18-12)5-9(1)11-7-16-14(17-11)10-3-4-15-6-10/h1-2,5,7,10,15H,3-4,6,8H2,(H,16,17). The first kappa shape index (κ1) is 10.9. The predicted octanol–water partition coefficient (Wildman–Crippen LogP) is 1.88. The first-order chi connectivity index (χ1) is 9.40. The number of nitrogens with zero attached hydrogens (tertiary/aromatic N) is 1. The summed E-state index contributed by atoms with van der Waals surface area (Å²) in [6.07, 6.45) is 3.04. The Bertz CT molecular complexity index is 602. The lowest BCUT2D eigenvalue weighted by atomic mass is 10.1. The summed E-state index contributed by atoms with van der Waals surface area (Å²) in [6.45, 7) is 2.39. The molecule has 1 unspecified atom stereocenters. The van der Waals surface area contributed by atoms with Crippen LogP contribution in [0.4, 0.5) is 0 Å². The molecule has 0 spiro atoms. The van der Waals surface area contributed by atoms with Crippen molar-refractivity contribution in [2.75, 3.05) is 19.9 Å². The number of hydrogen-bond donors (Lipinski definition) is 2. The zero-order valence-electron chi connectivity index (χ0n) is 10.5. The van der Waals surface area contributed by atoms with Crippen molar-refractivity contribution in [3.8, 4) is 22.8 Å². The van der Waals surface area contributed by atoms with Gasteiger partial charge in [0.25, 0.3) is 0 Å². The van der Waals surface area contributed by atoms with E-state index in [1.165, 1.54) is 0 Å². The van der Waals surface area contributed by atoms with Crippen molar-refractivity contribution in [2.45, 2.75) is 12.3 Å². The van der Waals surface area contributed by atoms with Gasteiger partial charge in [0.2, 0.25) is 6.79 Å². The van der Waals surface area contributed by atoms with E-state index >= 15 is 0 Å². The van der Waals surface area contributed by atoms with Crippen molar-refractivity contribution < 1.29 is 9.47 Å². The molecule has 1 aromatic heterocycles. The van der Waals surface area contributed by atoms with Crippen molar-refractivity contribution in [3.05, 3.63) is 30.2 Å². The Labute approximate surface area is 111 Å². The van der Waals surface area contributed by atoms with Crippen molar-refractivity contribution in [1.82, 2.24) is 15.3 Å². The fourth-order valence-corrected chi connectivity index (χ4v) is 2.64. The molecule has 2 aromatic rings. The lowest BCUT2D eigenvalue weighted by Crippen LogP contribution is -2.08. The highest BCUT2D eigenvalue weighted by molar-refractivity contribution is 5.64. The molecule has 3 heterocycles. The van der Waals surface area contributed by atoms with Crippen molar-refractivity contribution in [1.29, 1.82) is 0 Å². The van der Waals surface area contributed by atoms with Crippen LogP contribution in [0.1, 0.15) is 18.2 Å². The van der Waals surface area contributed by atoms with Gasteiger partial charge in [0.1, 0.15) is 5.82 Å². The minimum atomic E-state index is 0.306. The Morgan fingerprint density at radius 2 is 2.16 bits per heavy atom. The van der Waals surface area contributed by atoms with E-state index in [9.17, 15) is 0 Å². The van der Waals surface area contributed by atoms with E-state index in [-0.39, 0.29) is 0 Å². The van der Waals surface area contributed by atoms with Crippen LogP contribution in [0.5, 0.6) is 11.5 Å². The molecule has 2 aliphatic rings. The maximum atomic E-state index is 5.40. The van der Waals surface area contributed by atoms with Gasteiger partial charge in [0.05, 0.1) is 11.9 Å². The first-order valence-electron chi connectivity index (χ1n) is 6.56. The SMILES string of the molecule is c1cc2c(cc1-c1cnc(C3CCNC3)[nH]1)OCO2. The van der Waals surface area contributed by atoms with E-state index in [4.69, 9.17) is 9.47 Å². The van der Waals surface area contributed by atoms with Gasteiger partial charge in [-0.2, -0.15) is 0 Å². The minimum absolute atomic E-state index is 0.306. The summed E-state index contributed by atoms with van der Waals surface area (Å²) >= 11 is 0. The molecule has 1 atom stereocenters. The Morgan fingerprint density at radius 1 is 1.21 bits per heavy atom. The van der Waals surface area contributed by atoms with Crippen LogP contribution < -0.4 is 14.8 Å². The second kappa shape index (κ2) is 4.28. The molecular weight excluding hydrogens is 242 g/mol. The number of aromatic amines is 1. The summed E-state index contributed by atoms with van der Waals surface area (Å²) in [5, 5.41) is 3.36. The van der Waals surface area contributed by atoms with Crippen molar-refractivity contribution in [2.24, 2.45) is 0 Å². The molecule has 0 saturated carbocycles. The molecule has 0 aliphatic carbocycles. The maximum Gasteiger partial charge on any atom is 0.231 e. The van der Waals surface area contributed by atoms with Gasteiger partial charge in [-0.3, -0.25) is 0 Å². The van der Waals surface area contributed by atoms with Gasteiger partial charge in [0.15, 0.2) is 11.5 Å². The number of ether oxygens (including phenoxy) is 2. The predicted molar refractivity (Wildman–Crippen MR) is 70.4 cm³/mol. The van der Waals surface area contributed by atoms with E-state index in [2.05, 4.69) is 15.3 Å². The third-order valence-electron chi connectivity index (χ3n) is 3.73. The fourth-order valence-electron chi connectivity index (χ4n) is 2.64. The highest BCUT2D eigenvalue weighted by Gasteiger charge is 2.20. The Kier molecular flexibility index (Phi) is 2.45. The molecule has 98 valence electrons. The maximum absolute atomic E-state index is 5.40. The van der Waals surface area contributed by atoms with Crippen LogP contribution in [-0.2, 0) is 0 Å². The van der Waals surface area contributed by atoms with Crippen LogP contribution in [0, 0.1) is 0 Å². The largest absolute Gasteiger partial charge is 0.454 e. The molecule has 5 nitrogen and oxygen atoms in total. The van der Waals surface area contributed by atoms with Gasteiger partial charge in [-0.15, -0.1) is 0 Å². The van der Waals surface area contributed by atoms with E-state index in [1.807, 2.05) is 24.4 Å². The Morgan fingerprint density at radius 3 is 3.05 bits per heavy atom. The summed E-state index contributed by atoms with van der Waals surface area (Å²) in [4.78, 5) is 7.92. The van der Waals surface area contributed by atoms with Crippen LogP contribution in [0.2, 0.25) is 0 Å². The molecule has 4 rings (SSSR count). The average molecular weight is 257 g/mol. The molecule has 2 aliphatic heterocycles. The third-order valence-corrected chi connectivity index (χ3v) is 3.73. The van der Waals surface area contributed by atoms with E-state index < -0.39 is 0 Å². The lowest BCUT2D eigenvalue weighted by molar-refractivity contribution is 0.174. The summed E-state index contributed by atoms with van der Waals surface area (Å²) < 4.78 is 10.7. The average Bonchev–Trinajstić information content (AvgIpc) is 3.18. The third kappa shape index (κ3) is 1.86. The van der Waals surface area contributed by atoms with Crippen LogP contribution in [0.25, 0.3) is 11.3 Å². The minimum Gasteiger partial charge on any atom is -0.454 e. The van der Waals surface area contributed by atoms with E-state index in [1.54, 1.807) is 0 Å². The van der Waals surface area contributed by atoms with Gasteiger partial charge in [-0.05, 0) is 31.2 Å². The molecule has 1 saturated heterocycles. The normalized spacial score (nSPS) is 20.9. The van der Waals surface area contributed by atoms with Crippen molar-refractivity contribution in [3.63, 3.8) is 0 Å². The van der Waals surface area contributed by atoms with Crippen LogP contribution in [0.3, 0.4) is 0 Å². The topological polar surface area (TPSA) is 59.2 Å². The summed E-state index contributed by atoms with van der Waals surface area (Å²) in [7, 11) is 0. The van der Waals surface area contributed by atoms with Crippen LogP contribution in [0.15, 0.2) is 24.4 Å². The van der Waals surface area contributed by atoms with Gasteiger partial charge in [-0.25, -0.2) is 4.98 Å². The van der Waals surface area contributed by atoms with Crippen molar-refractivity contribution >= 4 is 0 Å². The number of rotatable bonds is 2. The number of H-pyrrole nitrogens is 1. The number of aromatic nitrogens is 2. The summed E-state index contributed by atoms with van der Waals surface area (Å²) in [6, 6.07) is 5.96. The number of fused-ring (bicyclic) bond motifs is 1. The lowest BCUT2D eigenvalue weighted by Gasteiger charge is -2.03. The second-order valence-electron chi connectivity index (χ2n) is 4.94. The smallest absolute Gasteiger partial charge is 0.231 e. The summed E-state index contributed by atoms with van der Waals surface area (Å²) in [5.41, 5.74) is 2.11. The van der Waals surface area contributed by atoms with Crippen LogP contribution >= 0.6 is 0 Å². The van der Waals surface area contributed by atoms with Gasteiger partial charge < -0.3 is 19.8 Å². The van der Waals surface area contributed by atoms with Gasteiger partial charge in [-0.1, -0.05) is 0 Å². The molecular formula is C14H15N3O2. The molecule has 2 N–H and O–H groups in total. The summed E-state index contributed by atoms with van der Waals surface area (Å²) in [5.74, 6) is 3.18. The molecule has 0 bridgehead atoms. The van der Waals surface area contributed by atoms with E-state index in [0.29, 0.717) is 12.7 Å². The zero-order chi connectivity index (χ0) is 12.7. The van der Waals surface area contributed by atoms with Crippen LogP contribution in [-0.4, -0.2) is 29.9 Å². The number of benzene rings is 1. The first-order valence-corrected chi connectivity index (χ1v) is 6.56. The second-order valence-corrected chi connectivity index (χ2v) is 4.94. The van der Waals surface area contributed by atoms with E-state index in [0.717, 1.165) is 48.1 Å².